The van der Waals surface area contributed by atoms with Gasteiger partial charge in [0.15, 0.2) is 0 Å². The maximum Gasteiger partial charge on any atom is 0.416 e. The molecule has 3 rings (SSSR count). The first-order valence-corrected chi connectivity index (χ1v) is 8.23. The summed E-state index contributed by atoms with van der Waals surface area (Å²) >= 11 is 0. The second kappa shape index (κ2) is 7.38. The molecule has 0 bridgehead atoms. The second-order valence-electron chi connectivity index (χ2n) is 6.22. The number of carbonyl (C=O) groups excluding carboxylic acids is 2. The van der Waals surface area contributed by atoms with E-state index in [9.17, 15) is 19.5 Å². The predicted octanol–water partition coefficient (Wildman–Crippen LogP) is 2.13. The minimum atomic E-state index is -1.07. The molecular formula is C18H20N2O5. The van der Waals surface area contributed by atoms with Crippen LogP contribution in [0.5, 0.6) is 0 Å². The van der Waals surface area contributed by atoms with Crippen molar-refractivity contribution >= 4 is 18.1 Å². The van der Waals surface area contributed by atoms with Crippen molar-refractivity contribution in [2.24, 2.45) is 5.92 Å². The van der Waals surface area contributed by atoms with Gasteiger partial charge in [-0.3, -0.25) is 4.79 Å². The van der Waals surface area contributed by atoms with Gasteiger partial charge in [-0.1, -0.05) is 42.5 Å². The minimum absolute atomic E-state index is 0.0724. The molecule has 7 nitrogen and oxygen atoms in total. The Morgan fingerprint density at radius 2 is 1.96 bits per heavy atom. The Morgan fingerprint density at radius 3 is 2.68 bits per heavy atom. The molecule has 0 radical (unpaired) electrons. The average molecular weight is 344 g/mol. The third-order valence-corrected chi connectivity index (χ3v) is 4.49. The van der Waals surface area contributed by atoms with Gasteiger partial charge in [0.2, 0.25) is 5.91 Å². The molecular weight excluding hydrogens is 324 g/mol. The summed E-state index contributed by atoms with van der Waals surface area (Å²) in [5.74, 6) is -0.958. The number of imide groups is 1. The number of carbonyl (C=O) groups is 3. The molecule has 0 spiro atoms. The highest BCUT2D eigenvalue weighted by atomic mass is 16.6. The van der Waals surface area contributed by atoms with Gasteiger partial charge in [-0.05, 0) is 18.4 Å². The summed E-state index contributed by atoms with van der Waals surface area (Å²) in [4.78, 5) is 38.6. The Kier molecular flexibility index (Phi) is 5.02. The lowest BCUT2D eigenvalue weighted by Crippen LogP contribution is -2.46. The number of allylic oxidation sites excluding steroid dienone is 1. The topological polar surface area (TPSA) is 87.2 Å². The van der Waals surface area contributed by atoms with Crippen LogP contribution in [0.3, 0.4) is 0 Å². The number of nitrogens with zero attached hydrogens (tertiary/aromatic N) is 2. The number of rotatable bonds is 3. The van der Waals surface area contributed by atoms with Gasteiger partial charge in [0.05, 0.1) is 12.0 Å². The summed E-state index contributed by atoms with van der Waals surface area (Å²) in [5.41, 5.74) is 1.01. The number of hydrogen-bond acceptors (Lipinski definition) is 4. The molecule has 1 N–H and O–H groups in total. The number of carboxylic acid groups (broad SMARTS) is 1. The van der Waals surface area contributed by atoms with Crippen LogP contribution in [0, 0.1) is 5.92 Å². The fraction of sp³-hybridized carbons (Fsp3) is 0.389. The maximum atomic E-state index is 12.9. The molecule has 2 atom stereocenters. The zero-order valence-corrected chi connectivity index (χ0v) is 13.7. The van der Waals surface area contributed by atoms with E-state index in [1.54, 1.807) is 12.2 Å². The van der Waals surface area contributed by atoms with Crippen molar-refractivity contribution in [2.45, 2.75) is 18.9 Å². The van der Waals surface area contributed by atoms with E-state index in [-0.39, 0.29) is 31.6 Å². The van der Waals surface area contributed by atoms with Gasteiger partial charge in [0.25, 0.3) is 0 Å². The predicted molar refractivity (Wildman–Crippen MR) is 89.0 cm³/mol. The molecule has 0 saturated carbocycles. The van der Waals surface area contributed by atoms with E-state index in [1.807, 2.05) is 30.3 Å². The third-order valence-electron chi connectivity index (χ3n) is 4.49. The Hall–Kier alpha value is -2.83. The summed E-state index contributed by atoms with van der Waals surface area (Å²) in [6, 6.07) is 9.21. The highest BCUT2D eigenvalue weighted by molar-refractivity contribution is 5.95. The largest absolute Gasteiger partial charge is 0.465 e. The van der Waals surface area contributed by atoms with E-state index in [0.717, 1.165) is 10.5 Å². The third kappa shape index (κ3) is 3.81. The lowest BCUT2D eigenvalue weighted by Gasteiger charge is -2.26. The Balaban J connectivity index is 1.75. The first kappa shape index (κ1) is 17.0. The Labute approximate surface area is 145 Å². The van der Waals surface area contributed by atoms with Crippen LogP contribution in [0.15, 0.2) is 42.5 Å². The van der Waals surface area contributed by atoms with Crippen molar-refractivity contribution in [3.63, 3.8) is 0 Å². The molecule has 1 aromatic carbocycles. The van der Waals surface area contributed by atoms with E-state index in [4.69, 9.17) is 4.74 Å². The molecule has 7 heteroatoms. The number of cyclic esters (lactones) is 1. The van der Waals surface area contributed by atoms with Gasteiger partial charge < -0.3 is 14.7 Å². The molecule has 132 valence electrons. The van der Waals surface area contributed by atoms with Crippen LogP contribution in [0.25, 0.3) is 0 Å². The van der Waals surface area contributed by atoms with E-state index < -0.39 is 18.1 Å². The Bertz CT molecular complexity index is 688. The lowest BCUT2D eigenvalue weighted by atomic mass is 10.0. The first-order chi connectivity index (χ1) is 12.1. The Morgan fingerprint density at radius 1 is 1.20 bits per heavy atom. The van der Waals surface area contributed by atoms with Gasteiger partial charge >= 0.3 is 12.2 Å². The number of amides is 3. The van der Waals surface area contributed by atoms with Crippen LogP contribution in [-0.2, 0) is 16.0 Å². The van der Waals surface area contributed by atoms with Crippen molar-refractivity contribution in [2.75, 3.05) is 19.7 Å². The summed E-state index contributed by atoms with van der Waals surface area (Å²) in [5, 5.41) is 9.20. The molecule has 2 unspecified atom stereocenters. The van der Waals surface area contributed by atoms with Gasteiger partial charge in [-0.15, -0.1) is 0 Å². The van der Waals surface area contributed by atoms with Crippen LogP contribution in [0.2, 0.25) is 0 Å². The van der Waals surface area contributed by atoms with Crippen molar-refractivity contribution in [1.29, 1.82) is 0 Å². The van der Waals surface area contributed by atoms with E-state index in [1.165, 1.54) is 4.90 Å². The smallest absolute Gasteiger partial charge is 0.416 e. The van der Waals surface area contributed by atoms with Crippen molar-refractivity contribution in [3.05, 3.63) is 48.0 Å². The SMILES string of the molecule is O=C(O)N1CC=CCC(C(=O)N2C(=O)OCC2Cc2ccccc2)C1. The number of benzene rings is 1. The lowest BCUT2D eigenvalue weighted by molar-refractivity contribution is -0.133. The number of hydrogen-bond donors (Lipinski definition) is 1. The van der Waals surface area contributed by atoms with Crippen LogP contribution in [-0.4, -0.2) is 58.7 Å². The molecule has 25 heavy (non-hydrogen) atoms. The molecule has 0 aromatic heterocycles. The van der Waals surface area contributed by atoms with Gasteiger partial charge in [-0.25, -0.2) is 14.5 Å². The first-order valence-electron chi connectivity index (χ1n) is 8.23. The van der Waals surface area contributed by atoms with Gasteiger partial charge in [0, 0.05) is 13.1 Å². The number of ether oxygens (including phenoxy) is 1. The molecule has 2 heterocycles. The standard InChI is InChI=1S/C18H20N2O5/c21-16(14-8-4-5-9-19(11-14)17(22)23)20-15(12-25-18(20)24)10-13-6-2-1-3-7-13/h1-7,14-15H,8-12H2,(H,22,23). The van der Waals surface area contributed by atoms with Crippen LogP contribution >= 0.6 is 0 Å². The fourth-order valence-electron chi connectivity index (χ4n) is 3.18. The van der Waals surface area contributed by atoms with Crippen LogP contribution in [0.1, 0.15) is 12.0 Å². The second-order valence-corrected chi connectivity index (χ2v) is 6.22. The zero-order valence-electron chi connectivity index (χ0n) is 13.7. The van der Waals surface area contributed by atoms with E-state index >= 15 is 0 Å². The monoisotopic (exact) mass is 344 g/mol. The zero-order chi connectivity index (χ0) is 17.8. The highest BCUT2D eigenvalue weighted by Crippen LogP contribution is 2.23. The van der Waals surface area contributed by atoms with Crippen LogP contribution < -0.4 is 0 Å². The highest BCUT2D eigenvalue weighted by Gasteiger charge is 2.41. The maximum absolute atomic E-state index is 12.9. The summed E-state index contributed by atoms with van der Waals surface area (Å²) in [7, 11) is 0. The average Bonchev–Trinajstić information content (AvgIpc) is 2.82. The molecule has 2 aliphatic rings. The molecule has 1 fully saturated rings. The van der Waals surface area contributed by atoms with E-state index in [0.29, 0.717) is 12.8 Å². The summed E-state index contributed by atoms with van der Waals surface area (Å²) in [6.07, 6.45) is 2.72. The minimum Gasteiger partial charge on any atom is -0.465 e. The van der Waals surface area contributed by atoms with Crippen molar-refractivity contribution in [3.8, 4) is 0 Å². The van der Waals surface area contributed by atoms with Crippen LogP contribution in [0.4, 0.5) is 9.59 Å². The normalized spacial score (nSPS) is 23.3. The van der Waals surface area contributed by atoms with Crippen molar-refractivity contribution in [1.82, 2.24) is 9.80 Å². The molecule has 2 aliphatic heterocycles. The molecule has 1 saturated heterocycles. The molecule has 3 amide bonds. The summed E-state index contributed by atoms with van der Waals surface area (Å²) < 4.78 is 5.09. The van der Waals surface area contributed by atoms with Gasteiger partial charge in [-0.2, -0.15) is 0 Å². The molecule has 1 aromatic rings. The van der Waals surface area contributed by atoms with Gasteiger partial charge in [0.1, 0.15) is 6.61 Å². The molecule has 0 aliphatic carbocycles. The van der Waals surface area contributed by atoms with E-state index in [2.05, 4.69) is 0 Å². The summed E-state index contributed by atoms with van der Waals surface area (Å²) in [6.45, 7) is 0.477. The fourth-order valence-corrected chi connectivity index (χ4v) is 3.18. The quantitative estimate of drug-likeness (QED) is 0.849. The van der Waals surface area contributed by atoms with Crippen molar-refractivity contribution < 1.29 is 24.2 Å².